The monoisotopic (exact) mass is 294 g/mol. The molecule has 0 saturated heterocycles. The van der Waals surface area contributed by atoms with Crippen molar-refractivity contribution in [1.29, 1.82) is 0 Å². The van der Waals surface area contributed by atoms with Crippen LogP contribution in [0.5, 0.6) is 0 Å². The smallest absolute Gasteiger partial charge is 0.358 e. The number of nitrogens with zero attached hydrogens (tertiary/aromatic N) is 4. The molecule has 0 amide bonds. The number of hydrogen-bond acceptors (Lipinski definition) is 4. The number of pyridine rings is 1. The van der Waals surface area contributed by atoms with E-state index in [1.54, 1.807) is 29.2 Å². The number of aromatic carboxylic acids is 1. The van der Waals surface area contributed by atoms with E-state index in [2.05, 4.69) is 15.3 Å². The molecule has 22 heavy (non-hydrogen) atoms. The zero-order valence-corrected chi connectivity index (χ0v) is 12.2. The van der Waals surface area contributed by atoms with Crippen molar-refractivity contribution in [3.63, 3.8) is 0 Å². The SMILES string of the molecule is Cc1ccc(C)c(-n2nnc(C(=O)O)c2-c2cccnc2)c1. The van der Waals surface area contributed by atoms with E-state index in [0.29, 0.717) is 11.3 Å². The molecule has 3 rings (SSSR count). The highest BCUT2D eigenvalue weighted by Crippen LogP contribution is 2.26. The lowest BCUT2D eigenvalue weighted by atomic mass is 10.1. The lowest BCUT2D eigenvalue weighted by Gasteiger charge is -2.10. The van der Waals surface area contributed by atoms with Crippen molar-refractivity contribution in [2.75, 3.05) is 0 Å². The van der Waals surface area contributed by atoms with E-state index in [0.717, 1.165) is 16.8 Å². The summed E-state index contributed by atoms with van der Waals surface area (Å²) in [7, 11) is 0. The molecule has 0 atom stereocenters. The second-order valence-corrected chi connectivity index (χ2v) is 5.04. The Morgan fingerprint density at radius 3 is 2.73 bits per heavy atom. The molecule has 1 aromatic carbocycles. The predicted molar refractivity (Wildman–Crippen MR) is 81.0 cm³/mol. The summed E-state index contributed by atoms with van der Waals surface area (Å²) < 4.78 is 1.56. The van der Waals surface area contributed by atoms with Crippen molar-refractivity contribution in [2.24, 2.45) is 0 Å². The maximum atomic E-state index is 11.5. The van der Waals surface area contributed by atoms with Gasteiger partial charge in [0, 0.05) is 18.0 Å². The van der Waals surface area contributed by atoms with Gasteiger partial charge >= 0.3 is 5.97 Å². The largest absolute Gasteiger partial charge is 0.476 e. The third-order valence-corrected chi connectivity index (χ3v) is 3.40. The Labute approximate surface area is 127 Å². The van der Waals surface area contributed by atoms with Gasteiger partial charge in [-0.1, -0.05) is 17.3 Å². The molecule has 6 nitrogen and oxygen atoms in total. The summed E-state index contributed by atoms with van der Waals surface area (Å²) in [5.41, 5.74) is 3.84. The van der Waals surface area contributed by atoms with Crippen LogP contribution in [-0.4, -0.2) is 31.1 Å². The van der Waals surface area contributed by atoms with E-state index in [9.17, 15) is 9.90 Å². The van der Waals surface area contributed by atoms with Crippen molar-refractivity contribution < 1.29 is 9.90 Å². The molecule has 2 aromatic heterocycles. The summed E-state index contributed by atoms with van der Waals surface area (Å²) in [6.07, 6.45) is 3.24. The number of carbonyl (C=O) groups is 1. The molecule has 0 aliphatic rings. The maximum absolute atomic E-state index is 11.5. The topological polar surface area (TPSA) is 80.9 Å². The molecule has 0 saturated carbocycles. The number of benzene rings is 1. The quantitative estimate of drug-likeness (QED) is 0.803. The van der Waals surface area contributed by atoms with Gasteiger partial charge in [-0.05, 0) is 43.2 Å². The molecule has 0 spiro atoms. The summed E-state index contributed by atoms with van der Waals surface area (Å²) >= 11 is 0. The van der Waals surface area contributed by atoms with Crippen LogP contribution in [0.1, 0.15) is 21.6 Å². The van der Waals surface area contributed by atoms with Gasteiger partial charge < -0.3 is 5.11 Å². The van der Waals surface area contributed by atoms with Gasteiger partial charge in [-0.15, -0.1) is 5.10 Å². The molecule has 0 aliphatic heterocycles. The zero-order chi connectivity index (χ0) is 15.7. The van der Waals surface area contributed by atoms with Gasteiger partial charge in [-0.25, -0.2) is 9.48 Å². The number of aromatic nitrogens is 4. The van der Waals surface area contributed by atoms with Crippen molar-refractivity contribution in [2.45, 2.75) is 13.8 Å². The zero-order valence-electron chi connectivity index (χ0n) is 12.2. The maximum Gasteiger partial charge on any atom is 0.358 e. The first-order valence-electron chi connectivity index (χ1n) is 6.75. The summed E-state index contributed by atoms with van der Waals surface area (Å²) in [4.78, 5) is 15.5. The lowest BCUT2D eigenvalue weighted by molar-refractivity contribution is 0.0691. The van der Waals surface area contributed by atoms with Gasteiger partial charge in [0.15, 0.2) is 5.69 Å². The van der Waals surface area contributed by atoms with Crippen molar-refractivity contribution >= 4 is 5.97 Å². The first kappa shape index (κ1) is 13.9. The molecule has 1 N–H and O–H groups in total. The molecule has 3 aromatic rings. The fourth-order valence-corrected chi connectivity index (χ4v) is 2.30. The Morgan fingerprint density at radius 1 is 1.23 bits per heavy atom. The summed E-state index contributed by atoms with van der Waals surface area (Å²) in [6.45, 7) is 3.92. The summed E-state index contributed by atoms with van der Waals surface area (Å²) in [6, 6.07) is 9.47. The molecule has 0 fully saturated rings. The third kappa shape index (κ3) is 2.35. The minimum absolute atomic E-state index is 0.0890. The Balaban J connectivity index is 2.30. The van der Waals surface area contributed by atoms with Crippen LogP contribution in [0.2, 0.25) is 0 Å². The fourth-order valence-electron chi connectivity index (χ4n) is 2.30. The average molecular weight is 294 g/mol. The van der Waals surface area contributed by atoms with Crippen LogP contribution in [0.3, 0.4) is 0 Å². The number of carboxylic acids is 1. The van der Waals surface area contributed by atoms with Crippen LogP contribution in [0.25, 0.3) is 16.9 Å². The predicted octanol–water partition coefficient (Wildman–Crippen LogP) is 2.64. The summed E-state index contributed by atoms with van der Waals surface area (Å²) in [5.74, 6) is -1.12. The highest BCUT2D eigenvalue weighted by molar-refractivity contribution is 5.93. The van der Waals surface area contributed by atoms with Crippen LogP contribution >= 0.6 is 0 Å². The second kappa shape index (κ2) is 5.40. The fraction of sp³-hybridized carbons (Fsp3) is 0.125. The minimum atomic E-state index is -1.12. The van der Waals surface area contributed by atoms with Gasteiger partial charge in [-0.3, -0.25) is 4.98 Å². The van der Waals surface area contributed by atoms with E-state index < -0.39 is 5.97 Å². The first-order valence-corrected chi connectivity index (χ1v) is 6.75. The number of carboxylic acid groups (broad SMARTS) is 1. The van der Waals surface area contributed by atoms with Gasteiger partial charge in [0.05, 0.1) is 5.69 Å². The minimum Gasteiger partial charge on any atom is -0.476 e. The van der Waals surface area contributed by atoms with Gasteiger partial charge in [0.25, 0.3) is 0 Å². The number of hydrogen-bond donors (Lipinski definition) is 1. The Bertz CT molecular complexity index is 841. The molecule has 0 aliphatic carbocycles. The molecule has 2 heterocycles. The Kier molecular flexibility index (Phi) is 3.42. The molecule has 6 heteroatoms. The van der Waals surface area contributed by atoms with E-state index in [4.69, 9.17) is 0 Å². The van der Waals surface area contributed by atoms with Crippen molar-refractivity contribution in [3.8, 4) is 16.9 Å². The Morgan fingerprint density at radius 2 is 2.05 bits per heavy atom. The van der Waals surface area contributed by atoms with E-state index in [1.807, 2.05) is 32.0 Å². The molecule has 0 radical (unpaired) electrons. The van der Waals surface area contributed by atoms with Crippen molar-refractivity contribution in [3.05, 3.63) is 59.5 Å². The number of aryl methyl sites for hydroxylation is 2. The molecule has 0 unspecified atom stereocenters. The van der Waals surface area contributed by atoms with Crippen LogP contribution in [0.15, 0.2) is 42.7 Å². The average Bonchev–Trinajstić information content (AvgIpc) is 2.95. The summed E-state index contributed by atoms with van der Waals surface area (Å²) in [5, 5.41) is 17.2. The highest BCUT2D eigenvalue weighted by Gasteiger charge is 2.22. The van der Waals surface area contributed by atoms with Crippen LogP contribution in [0, 0.1) is 13.8 Å². The van der Waals surface area contributed by atoms with Crippen molar-refractivity contribution in [1.82, 2.24) is 20.0 Å². The van der Waals surface area contributed by atoms with Crippen LogP contribution in [0.4, 0.5) is 0 Å². The molecular weight excluding hydrogens is 280 g/mol. The third-order valence-electron chi connectivity index (χ3n) is 3.40. The lowest BCUT2D eigenvalue weighted by Crippen LogP contribution is -2.05. The highest BCUT2D eigenvalue weighted by atomic mass is 16.4. The molecule has 0 bridgehead atoms. The van der Waals surface area contributed by atoms with Crippen LogP contribution in [-0.2, 0) is 0 Å². The van der Waals surface area contributed by atoms with Gasteiger partial charge in [-0.2, -0.15) is 0 Å². The van der Waals surface area contributed by atoms with E-state index in [1.165, 1.54) is 0 Å². The molecule has 110 valence electrons. The normalized spacial score (nSPS) is 10.6. The van der Waals surface area contributed by atoms with E-state index in [-0.39, 0.29) is 5.69 Å². The first-order chi connectivity index (χ1) is 10.6. The standard InChI is InChI=1S/C16H14N4O2/c1-10-5-6-11(2)13(8-10)20-15(12-4-3-7-17-9-12)14(16(21)22)18-19-20/h3-9H,1-2H3,(H,21,22). The second-order valence-electron chi connectivity index (χ2n) is 5.04. The Hall–Kier alpha value is -3.02. The van der Waals surface area contributed by atoms with Gasteiger partial charge in [0.2, 0.25) is 0 Å². The molecular formula is C16H14N4O2. The van der Waals surface area contributed by atoms with Gasteiger partial charge in [0.1, 0.15) is 5.69 Å². The number of rotatable bonds is 3. The van der Waals surface area contributed by atoms with Crippen LogP contribution < -0.4 is 0 Å². The van der Waals surface area contributed by atoms with E-state index >= 15 is 0 Å².